The van der Waals surface area contributed by atoms with E-state index in [0.717, 1.165) is 12.8 Å². The first-order valence-electron chi connectivity index (χ1n) is 5.16. The van der Waals surface area contributed by atoms with Crippen molar-refractivity contribution >= 4 is 0 Å². The minimum Gasteiger partial charge on any atom is -0.392 e. The fraction of sp³-hybridized carbons (Fsp3) is 0.833. The van der Waals surface area contributed by atoms with E-state index in [-0.39, 0.29) is 12.0 Å². The number of terminal acetylenes is 1. The molecule has 1 N–H and O–H groups in total. The average Bonchev–Trinajstić information content (AvgIpc) is 2.16. The van der Waals surface area contributed by atoms with E-state index in [2.05, 4.69) is 26.7 Å². The highest BCUT2D eigenvalue weighted by molar-refractivity contribution is 5.10. The molecule has 2 unspecified atom stereocenters. The second-order valence-corrected chi connectivity index (χ2v) is 5.21. The molecule has 1 saturated heterocycles. The van der Waals surface area contributed by atoms with E-state index >= 15 is 0 Å². The van der Waals surface area contributed by atoms with Crippen LogP contribution in [0.25, 0.3) is 0 Å². The highest BCUT2D eigenvalue weighted by Crippen LogP contribution is 2.37. The van der Waals surface area contributed by atoms with Crippen LogP contribution in [0.15, 0.2) is 0 Å². The lowest BCUT2D eigenvalue weighted by Gasteiger charge is -2.40. The molecular weight excluding hydrogens is 176 g/mol. The first kappa shape index (κ1) is 11.6. The van der Waals surface area contributed by atoms with Crippen LogP contribution in [0.1, 0.15) is 33.6 Å². The number of aliphatic hydroxyl groups excluding tert-OH is 1. The Morgan fingerprint density at radius 1 is 1.57 bits per heavy atom. The third-order valence-electron chi connectivity index (χ3n) is 3.20. The van der Waals surface area contributed by atoms with Gasteiger partial charge in [0.05, 0.1) is 13.2 Å². The highest BCUT2D eigenvalue weighted by atomic mass is 16.5. The van der Waals surface area contributed by atoms with Crippen molar-refractivity contribution in [2.45, 2.75) is 39.2 Å². The van der Waals surface area contributed by atoms with Gasteiger partial charge in [0.1, 0.15) is 0 Å². The third kappa shape index (κ3) is 2.29. The largest absolute Gasteiger partial charge is 0.392 e. The van der Waals surface area contributed by atoms with Gasteiger partial charge in [-0.15, -0.1) is 6.42 Å². The van der Waals surface area contributed by atoms with Gasteiger partial charge in [-0.3, -0.25) is 0 Å². The zero-order valence-electron chi connectivity index (χ0n) is 9.34. The van der Waals surface area contributed by atoms with Gasteiger partial charge in [-0.05, 0) is 24.2 Å². The Balaban J connectivity index is 2.59. The van der Waals surface area contributed by atoms with Crippen LogP contribution in [0, 0.1) is 23.7 Å². The van der Waals surface area contributed by atoms with Crippen LogP contribution in [0.2, 0.25) is 0 Å². The lowest BCUT2D eigenvalue weighted by Crippen LogP contribution is -2.44. The van der Waals surface area contributed by atoms with Crippen LogP contribution in [0.3, 0.4) is 0 Å². The van der Waals surface area contributed by atoms with E-state index in [4.69, 9.17) is 16.3 Å². The molecule has 0 amide bonds. The minimum absolute atomic E-state index is 0.0691. The fourth-order valence-electron chi connectivity index (χ4n) is 1.79. The van der Waals surface area contributed by atoms with Crippen LogP contribution < -0.4 is 0 Å². The Bertz CT molecular complexity index is 224. The molecule has 80 valence electrons. The van der Waals surface area contributed by atoms with Crippen molar-refractivity contribution in [3.05, 3.63) is 0 Å². The molecule has 0 aromatic heterocycles. The Morgan fingerprint density at radius 3 is 2.50 bits per heavy atom. The maximum absolute atomic E-state index is 9.16. The lowest BCUT2D eigenvalue weighted by atomic mass is 9.75. The van der Waals surface area contributed by atoms with Crippen molar-refractivity contribution in [2.24, 2.45) is 11.3 Å². The molecule has 0 saturated carbocycles. The van der Waals surface area contributed by atoms with Gasteiger partial charge in [0.25, 0.3) is 0 Å². The second kappa shape index (κ2) is 3.92. The van der Waals surface area contributed by atoms with Gasteiger partial charge in [-0.1, -0.05) is 26.7 Å². The molecule has 0 spiro atoms. The van der Waals surface area contributed by atoms with E-state index in [1.807, 2.05) is 0 Å². The molecule has 1 rings (SSSR count). The average molecular weight is 196 g/mol. The van der Waals surface area contributed by atoms with Gasteiger partial charge >= 0.3 is 0 Å². The molecule has 2 heteroatoms. The molecule has 0 bridgehead atoms. The summed E-state index contributed by atoms with van der Waals surface area (Å²) in [4.78, 5) is 0. The summed E-state index contributed by atoms with van der Waals surface area (Å²) in [6.07, 6.45) is 7.17. The van der Waals surface area contributed by atoms with Gasteiger partial charge in [-0.25, -0.2) is 0 Å². The standard InChI is InChI=1S/C12H20O2/c1-5-12(9-13)7-6-10(8-14-12)11(2,3)4/h1,10,13H,6-9H2,2-4H3. The Morgan fingerprint density at radius 2 is 2.21 bits per heavy atom. The monoisotopic (exact) mass is 196 g/mol. The van der Waals surface area contributed by atoms with Crippen molar-refractivity contribution in [3.63, 3.8) is 0 Å². The van der Waals surface area contributed by atoms with Crippen LogP contribution in [-0.4, -0.2) is 23.9 Å². The molecule has 1 aliphatic rings. The summed E-state index contributed by atoms with van der Waals surface area (Å²) in [5.74, 6) is 3.10. The Labute approximate surface area is 86.7 Å². The SMILES string of the molecule is C#CC1(CO)CCC(C(C)(C)C)CO1. The molecule has 1 aliphatic heterocycles. The van der Waals surface area contributed by atoms with Crippen molar-refractivity contribution in [2.75, 3.05) is 13.2 Å². The molecule has 2 nitrogen and oxygen atoms in total. The summed E-state index contributed by atoms with van der Waals surface area (Å²) < 4.78 is 5.62. The van der Waals surface area contributed by atoms with Gasteiger partial charge < -0.3 is 9.84 Å². The second-order valence-electron chi connectivity index (χ2n) is 5.21. The molecular formula is C12H20O2. The minimum atomic E-state index is -0.707. The van der Waals surface area contributed by atoms with E-state index in [9.17, 15) is 0 Å². The van der Waals surface area contributed by atoms with Crippen LogP contribution in [0.5, 0.6) is 0 Å². The predicted molar refractivity (Wildman–Crippen MR) is 56.8 cm³/mol. The summed E-state index contributed by atoms with van der Waals surface area (Å²) in [5, 5.41) is 9.16. The fourth-order valence-corrected chi connectivity index (χ4v) is 1.79. The molecule has 0 aliphatic carbocycles. The zero-order chi connectivity index (χ0) is 10.8. The highest BCUT2D eigenvalue weighted by Gasteiger charge is 2.38. The number of aliphatic hydroxyl groups is 1. The number of rotatable bonds is 1. The van der Waals surface area contributed by atoms with Crippen molar-refractivity contribution in [3.8, 4) is 12.3 Å². The molecule has 1 heterocycles. The van der Waals surface area contributed by atoms with E-state index < -0.39 is 5.60 Å². The van der Waals surface area contributed by atoms with E-state index in [1.165, 1.54) is 0 Å². The Hall–Kier alpha value is -0.520. The quantitative estimate of drug-likeness (QED) is 0.648. The molecule has 1 fully saturated rings. The smallest absolute Gasteiger partial charge is 0.151 e. The summed E-state index contributed by atoms with van der Waals surface area (Å²) in [6.45, 7) is 7.23. The summed E-state index contributed by atoms with van der Waals surface area (Å²) in [7, 11) is 0. The number of ether oxygens (including phenoxy) is 1. The normalized spacial score (nSPS) is 33.8. The molecule has 0 aromatic carbocycles. The van der Waals surface area contributed by atoms with Crippen molar-refractivity contribution in [1.82, 2.24) is 0 Å². The maximum atomic E-state index is 9.16. The summed E-state index contributed by atoms with van der Waals surface area (Å²) >= 11 is 0. The van der Waals surface area contributed by atoms with Crippen molar-refractivity contribution in [1.29, 1.82) is 0 Å². The van der Waals surface area contributed by atoms with Gasteiger partial charge in [0, 0.05) is 0 Å². The predicted octanol–water partition coefficient (Wildman–Crippen LogP) is 1.82. The molecule has 0 aromatic rings. The molecule has 0 radical (unpaired) electrons. The van der Waals surface area contributed by atoms with E-state index in [0.29, 0.717) is 12.5 Å². The van der Waals surface area contributed by atoms with Crippen LogP contribution in [0.4, 0.5) is 0 Å². The van der Waals surface area contributed by atoms with Crippen LogP contribution >= 0.6 is 0 Å². The Kier molecular flexibility index (Phi) is 3.24. The lowest BCUT2D eigenvalue weighted by molar-refractivity contribution is -0.107. The van der Waals surface area contributed by atoms with Gasteiger partial charge in [0.15, 0.2) is 5.60 Å². The van der Waals surface area contributed by atoms with Crippen molar-refractivity contribution < 1.29 is 9.84 Å². The summed E-state index contributed by atoms with van der Waals surface area (Å²) in [5.41, 5.74) is -0.446. The zero-order valence-corrected chi connectivity index (χ0v) is 9.34. The maximum Gasteiger partial charge on any atom is 0.151 e. The molecule has 2 atom stereocenters. The third-order valence-corrected chi connectivity index (χ3v) is 3.20. The number of hydrogen-bond acceptors (Lipinski definition) is 2. The van der Waals surface area contributed by atoms with E-state index in [1.54, 1.807) is 0 Å². The molecule has 14 heavy (non-hydrogen) atoms. The topological polar surface area (TPSA) is 29.5 Å². The van der Waals surface area contributed by atoms with Crippen LogP contribution in [-0.2, 0) is 4.74 Å². The van der Waals surface area contributed by atoms with Gasteiger partial charge in [-0.2, -0.15) is 0 Å². The van der Waals surface area contributed by atoms with Gasteiger partial charge in [0.2, 0.25) is 0 Å². The first-order chi connectivity index (χ1) is 6.43. The first-order valence-corrected chi connectivity index (χ1v) is 5.16. The summed E-state index contributed by atoms with van der Waals surface area (Å²) in [6, 6.07) is 0. The number of hydrogen-bond donors (Lipinski definition) is 1.